The van der Waals surface area contributed by atoms with Gasteiger partial charge < -0.3 is 29.3 Å². The molecule has 1 aromatic carbocycles. The molecule has 5 aliphatic rings. The molecule has 6 rings (SSSR count). The van der Waals surface area contributed by atoms with Crippen LogP contribution in [0.5, 0.6) is 0 Å². The van der Waals surface area contributed by atoms with Gasteiger partial charge in [-0.25, -0.2) is 0 Å². The summed E-state index contributed by atoms with van der Waals surface area (Å²) in [7, 11) is 0. The summed E-state index contributed by atoms with van der Waals surface area (Å²) in [4.78, 5) is 51.4. The number of ether oxygens (including phenoxy) is 2. The minimum absolute atomic E-state index is 0.0865. The number of carbonyl (C=O) groups excluding carboxylic acids is 3. The Labute approximate surface area is 260 Å². The molecular weight excluding hydrogens is 560 g/mol. The average Bonchev–Trinajstić information content (AvgIpc) is 3.34. The van der Waals surface area contributed by atoms with Crippen LogP contribution in [0.15, 0.2) is 54.6 Å². The monoisotopic (exact) mass is 606 g/mol. The number of carbonyl (C=O) groups is 3. The van der Waals surface area contributed by atoms with Crippen molar-refractivity contribution < 1.29 is 29.0 Å². The van der Waals surface area contributed by atoms with Gasteiger partial charge in [0.25, 0.3) is 0 Å². The van der Waals surface area contributed by atoms with Crippen molar-refractivity contribution >= 4 is 17.7 Å². The molecule has 3 amide bonds. The van der Waals surface area contributed by atoms with Crippen LogP contribution in [0, 0.1) is 11.8 Å². The number of fused-ring (bicyclic) bond motifs is 2. The van der Waals surface area contributed by atoms with E-state index in [4.69, 9.17) is 9.47 Å². The quantitative estimate of drug-likeness (QED) is 0.303. The summed E-state index contributed by atoms with van der Waals surface area (Å²) in [5.74, 6) is -1.97. The summed E-state index contributed by atoms with van der Waals surface area (Å²) in [5, 5.41) is 9.35. The van der Waals surface area contributed by atoms with Gasteiger partial charge in [0.15, 0.2) is 0 Å². The Kier molecular flexibility index (Phi) is 9.23. The lowest BCUT2D eigenvalue weighted by Crippen LogP contribution is -2.57. The maximum absolute atomic E-state index is 14.6. The molecule has 1 unspecified atom stereocenters. The van der Waals surface area contributed by atoms with E-state index in [1.54, 1.807) is 4.90 Å². The number of morpholine rings is 1. The van der Waals surface area contributed by atoms with Gasteiger partial charge in [0.1, 0.15) is 11.6 Å². The lowest BCUT2D eigenvalue weighted by molar-refractivity contribution is -0.154. The molecule has 5 atom stereocenters. The number of nitrogens with zero attached hydrogens (tertiary/aromatic N) is 4. The zero-order valence-corrected chi connectivity index (χ0v) is 25.8. The van der Waals surface area contributed by atoms with Gasteiger partial charge in [-0.05, 0) is 31.2 Å². The summed E-state index contributed by atoms with van der Waals surface area (Å²) in [6, 6.07) is 9.04. The molecule has 3 saturated heterocycles. The minimum Gasteiger partial charge on any atom is -0.396 e. The van der Waals surface area contributed by atoms with Crippen molar-refractivity contribution in [2.75, 3.05) is 65.6 Å². The third-order valence-corrected chi connectivity index (χ3v) is 10.2. The summed E-state index contributed by atoms with van der Waals surface area (Å²) in [5.41, 5.74) is -1.21. The Hall–Kier alpha value is -3.05. The number of unbranched alkanes of at least 4 members (excludes halogenated alkanes) is 2. The van der Waals surface area contributed by atoms with Gasteiger partial charge in [-0.2, -0.15) is 0 Å². The first-order valence-corrected chi connectivity index (χ1v) is 16.3. The fourth-order valence-electron chi connectivity index (χ4n) is 7.90. The van der Waals surface area contributed by atoms with Crippen molar-refractivity contribution in [3.63, 3.8) is 0 Å². The highest BCUT2D eigenvalue weighted by Gasteiger charge is 2.75. The molecule has 10 nitrogen and oxygen atoms in total. The molecule has 10 heteroatoms. The summed E-state index contributed by atoms with van der Waals surface area (Å²) < 4.78 is 12.6. The maximum Gasteiger partial charge on any atom is 0.249 e. The van der Waals surface area contributed by atoms with Crippen molar-refractivity contribution in [3.05, 3.63) is 60.2 Å². The zero-order valence-electron chi connectivity index (χ0n) is 25.8. The van der Waals surface area contributed by atoms with Gasteiger partial charge >= 0.3 is 0 Å². The molecule has 0 bridgehead atoms. The van der Waals surface area contributed by atoms with Crippen LogP contribution in [0.3, 0.4) is 0 Å². The van der Waals surface area contributed by atoms with Crippen LogP contribution in [0.2, 0.25) is 0 Å². The normalized spacial score (nSPS) is 32.1. The number of benzene rings is 1. The molecule has 0 saturated carbocycles. The van der Waals surface area contributed by atoms with Crippen molar-refractivity contribution in [3.8, 4) is 0 Å². The lowest BCUT2D eigenvalue weighted by atomic mass is 9.73. The number of aliphatic hydroxyl groups is 1. The van der Waals surface area contributed by atoms with Gasteiger partial charge in [-0.1, -0.05) is 61.6 Å². The molecular formula is C34H46N4O6. The highest BCUT2D eigenvalue weighted by molar-refractivity contribution is 6.00. The molecule has 0 radical (unpaired) electrons. The second kappa shape index (κ2) is 13.1. The Morgan fingerprint density at radius 3 is 2.34 bits per heavy atom. The highest BCUT2D eigenvalue weighted by atomic mass is 16.5. The predicted molar refractivity (Wildman–Crippen MR) is 164 cm³/mol. The topological polar surface area (TPSA) is 103 Å². The number of hydrogen-bond acceptors (Lipinski definition) is 7. The zero-order chi connectivity index (χ0) is 30.7. The van der Waals surface area contributed by atoms with E-state index in [0.717, 1.165) is 31.6 Å². The van der Waals surface area contributed by atoms with Crippen molar-refractivity contribution in [2.24, 2.45) is 11.8 Å². The van der Waals surface area contributed by atoms with Crippen LogP contribution in [0.25, 0.3) is 0 Å². The van der Waals surface area contributed by atoms with Crippen molar-refractivity contribution in [2.45, 2.75) is 56.4 Å². The van der Waals surface area contributed by atoms with Gasteiger partial charge in [0, 0.05) is 59.0 Å². The second-order valence-corrected chi connectivity index (χ2v) is 12.7. The van der Waals surface area contributed by atoms with E-state index in [1.807, 2.05) is 71.4 Å². The van der Waals surface area contributed by atoms with Crippen molar-refractivity contribution in [1.29, 1.82) is 0 Å². The van der Waals surface area contributed by atoms with Gasteiger partial charge in [-0.3, -0.25) is 19.3 Å². The minimum atomic E-state index is -1.24. The van der Waals surface area contributed by atoms with E-state index in [0.29, 0.717) is 65.2 Å². The van der Waals surface area contributed by atoms with Crippen LogP contribution in [0.1, 0.15) is 38.2 Å². The summed E-state index contributed by atoms with van der Waals surface area (Å²) in [6.07, 6.45) is 10.4. The molecule has 3 fully saturated rings. The fourth-order valence-corrected chi connectivity index (χ4v) is 7.90. The Morgan fingerprint density at radius 1 is 0.841 bits per heavy atom. The molecule has 1 N–H and O–H groups in total. The van der Waals surface area contributed by atoms with Gasteiger partial charge in [0.2, 0.25) is 17.7 Å². The van der Waals surface area contributed by atoms with Crippen LogP contribution < -0.4 is 0 Å². The molecule has 5 aliphatic heterocycles. The molecule has 1 spiro atoms. The first-order chi connectivity index (χ1) is 21.4. The number of likely N-dealkylation sites (tertiary alicyclic amines) is 1. The third-order valence-electron chi connectivity index (χ3n) is 10.2. The molecule has 0 aromatic heterocycles. The number of amides is 3. The fraction of sp³-hybridized carbons (Fsp3) is 0.618. The number of hydrogen-bond donors (Lipinski definition) is 1. The molecule has 0 aliphatic carbocycles. The Bertz CT molecular complexity index is 1270. The average molecular weight is 607 g/mol. The van der Waals surface area contributed by atoms with Crippen LogP contribution in [-0.2, 0) is 30.4 Å². The SMILES string of the molecule is CC[C@@]12C=CCN(Cc3ccccc3)C(=O)[C@@H]1[C@H]1C(=O)N(CCCCCO)C3C(=O)N(CCN4CCOCC4)CC=C[C@@]31O2. The second-order valence-electron chi connectivity index (χ2n) is 12.7. The standard InChI is InChI=1S/C34H46N4O6/c1-2-33-13-9-16-37(25-26-11-5-3-6-12-26)30(40)27(33)28-31(41)38(17-7-4-8-22-39)29-32(42)36(15-10-14-34(28,29)44-33)19-18-35-20-23-43-24-21-35/h3,5-6,9-14,27-29,39H,2,4,7-8,15-25H2,1H3/t27-,28-,29?,33+,34-/m0/s1. The number of rotatable bonds is 11. The van der Waals surface area contributed by atoms with E-state index >= 15 is 0 Å². The smallest absolute Gasteiger partial charge is 0.249 e. The van der Waals surface area contributed by atoms with Gasteiger partial charge in [-0.15, -0.1) is 0 Å². The predicted octanol–water partition coefficient (Wildman–Crippen LogP) is 1.84. The van der Waals surface area contributed by atoms with E-state index in [1.165, 1.54) is 0 Å². The molecule has 44 heavy (non-hydrogen) atoms. The maximum atomic E-state index is 14.6. The molecule has 1 aromatic rings. The van der Waals surface area contributed by atoms with Crippen LogP contribution >= 0.6 is 0 Å². The summed E-state index contributed by atoms with van der Waals surface area (Å²) >= 11 is 0. The van der Waals surface area contributed by atoms with E-state index < -0.39 is 29.1 Å². The van der Waals surface area contributed by atoms with E-state index in [9.17, 15) is 19.5 Å². The van der Waals surface area contributed by atoms with Crippen LogP contribution in [0.4, 0.5) is 0 Å². The lowest BCUT2D eigenvalue weighted by Gasteiger charge is -2.39. The summed E-state index contributed by atoms with van der Waals surface area (Å²) in [6.45, 7) is 8.08. The van der Waals surface area contributed by atoms with Gasteiger partial charge in [0.05, 0.1) is 30.7 Å². The van der Waals surface area contributed by atoms with Crippen LogP contribution in [-0.4, -0.2) is 125 Å². The Morgan fingerprint density at radius 2 is 1.59 bits per heavy atom. The molecule has 5 heterocycles. The Balaban J connectivity index is 1.34. The molecule has 238 valence electrons. The third kappa shape index (κ3) is 5.50. The van der Waals surface area contributed by atoms with E-state index in [2.05, 4.69) is 4.90 Å². The first-order valence-electron chi connectivity index (χ1n) is 16.3. The largest absolute Gasteiger partial charge is 0.396 e. The van der Waals surface area contributed by atoms with Crippen molar-refractivity contribution in [1.82, 2.24) is 19.6 Å². The highest BCUT2D eigenvalue weighted by Crippen LogP contribution is 2.58. The first kappa shape index (κ1) is 31.0. The number of aliphatic hydroxyl groups excluding tert-OH is 1. The van der Waals surface area contributed by atoms with E-state index in [-0.39, 0.29) is 24.3 Å².